The Morgan fingerprint density at radius 1 is 0.944 bits per heavy atom. The quantitative estimate of drug-likeness (QED) is 0.229. The zero-order valence-corrected chi connectivity index (χ0v) is 21.7. The predicted molar refractivity (Wildman–Crippen MR) is 137 cm³/mol. The van der Waals surface area contributed by atoms with E-state index in [1.165, 1.54) is 6.07 Å². The van der Waals surface area contributed by atoms with E-state index in [9.17, 15) is 18.4 Å². The molecule has 0 bridgehead atoms. The van der Waals surface area contributed by atoms with Gasteiger partial charge >= 0.3 is 12.0 Å². The van der Waals surface area contributed by atoms with Crippen LogP contribution in [0.5, 0.6) is 5.75 Å². The van der Waals surface area contributed by atoms with Crippen molar-refractivity contribution in [3.05, 3.63) is 59.7 Å². The molecule has 2 rings (SSSR count). The van der Waals surface area contributed by atoms with E-state index in [-0.39, 0.29) is 12.3 Å². The maximum Gasteiger partial charge on any atom is 0.349 e. The average molecular weight is 505 g/mol. The van der Waals surface area contributed by atoms with Crippen molar-refractivity contribution in [3.8, 4) is 5.75 Å². The highest BCUT2D eigenvalue weighted by Gasteiger charge is 2.31. The van der Waals surface area contributed by atoms with E-state index in [1.807, 2.05) is 12.1 Å². The van der Waals surface area contributed by atoms with E-state index in [0.29, 0.717) is 25.3 Å². The van der Waals surface area contributed by atoms with Crippen LogP contribution in [0.15, 0.2) is 42.5 Å². The zero-order chi connectivity index (χ0) is 26.6. The maximum atomic E-state index is 14.1. The lowest BCUT2D eigenvalue weighted by atomic mass is 10.1. The number of amides is 2. The molecule has 0 atom stereocenters. The Kier molecular flexibility index (Phi) is 11.6. The molecule has 198 valence electrons. The number of carbonyl (C=O) groups excluding carboxylic acids is 2. The van der Waals surface area contributed by atoms with Crippen molar-refractivity contribution >= 4 is 17.7 Å². The first-order valence-corrected chi connectivity index (χ1v) is 12.6. The smallest absolute Gasteiger partial charge is 0.349 e. The lowest BCUT2D eigenvalue weighted by Crippen LogP contribution is -2.39. The van der Waals surface area contributed by atoms with Gasteiger partial charge in [0, 0.05) is 19.2 Å². The van der Waals surface area contributed by atoms with Gasteiger partial charge < -0.3 is 19.7 Å². The van der Waals surface area contributed by atoms with E-state index in [0.717, 1.165) is 49.8 Å². The molecule has 36 heavy (non-hydrogen) atoms. The molecule has 2 aromatic carbocycles. The summed E-state index contributed by atoms with van der Waals surface area (Å²) in [6.45, 7) is 8.43. The van der Waals surface area contributed by atoms with E-state index < -0.39 is 29.2 Å². The second kappa shape index (κ2) is 14.4. The fourth-order valence-electron chi connectivity index (χ4n) is 3.64. The second-order valence-corrected chi connectivity index (χ2v) is 9.18. The highest BCUT2D eigenvalue weighted by atomic mass is 19.1. The van der Waals surface area contributed by atoms with Crippen molar-refractivity contribution in [1.29, 1.82) is 0 Å². The Morgan fingerprint density at radius 2 is 1.64 bits per heavy atom. The Hall–Kier alpha value is -3.16. The summed E-state index contributed by atoms with van der Waals surface area (Å²) in [4.78, 5) is 26.6. The number of rotatable bonds is 14. The number of urea groups is 1. The van der Waals surface area contributed by atoms with E-state index >= 15 is 0 Å². The summed E-state index contributed by atoms with van der Waals surface area (Å²) in [5.41, 5.74) is -0.184. The Balaban J connectivity index is 2.01. The molecule has 0 heterocycles. The van der Waals surface area contributed by atoms with Crippen molar-refractivity contribution in [1.82, 2.24) is 4.90 Å². The summed E-state index contributed by atoms with van der Waals surface area (Å²) in [6.07, 6.45) is 5.80. The fraction of sp³-hybridized carbons (Fsp3) is 0.500. The van der Waals surface area contributed by atoms with Gasteiger partial charge in [0.2, 0.25) is 0 Å². The lowest BCUT2D eigenvalue weighted by Gasteiger charge is -2.25. The normalized spacial score (nSPS) is 11.2. The molecule has 0 saturated carbocycles. The number of halogens is 2. The molecule has 2 aromatic rings. The zero-order valence-electron chi connectivity index (χ0n) is 21.7. The summed E-state index contributed by atoms with van der Waals surface area (Å²) in [5.74, 6) is -1.41. The predicted octanol–water partition coefficient (Wildman–Crippen LogP) is 6.73. The van der Waals surface area contributed by atoms with Crippen molar-refractivity contribution in [2.45, 2.75) is 71.8 Å². The van der Waals surface area contributed by atoms with Crippen LogP contribution in [0.25, 0.3) is 0 Å². The average Bonchev–Trinajstić information content (AvgIpc) is 2.83. The number of unbranched alkanes of at least 4 members (excludes halogenated alkanes) is 4. The molecule has 0 aromatic heterocycles. The monoisotopic (exact) mass is 504 g/mol. The Labute approximate surface area is 213 Å². The van der Waals surface area contributed by atoms with Gasteiger partial charge in [-0.2, -0.15) is 0 Å². The third-order valence-electron chi connectivity index (χ3n) is 5.73. The molecule has 0 aliphatic heterocycles. The van der Waals surface area contributed by atoms with E-state index in [4.69, 9.17) is 9.47 Å². The van der Waals surface area contributed by atoms with Gasteiger partial charge in [-0.05, 0) is 63.4 Å². The first-order valence-electron chi connectivity index (χ1n) is 12.6. The number of carbonyl (C=O) groups is 2. The van der Waals surface area contributed by atoms with Gasteiger partial charge in [0.15, 0.2) is 5.60 Å². The summed E-state index contributed by atoms with van der Waals surface area (Å²) < 4.78 is 38.1. The minimum Gasteiger partial charge on any atom is -0.476 e. The number of anilines is 1. The largest absolute Gasteiger partial charge is 0.476 e. The molecular formula is C28H38F2N2O4. The van der Waals surface area contributed by atoms with Crippen LogP contribution in [-0.4, -0.2) is 42.2 Å². The van der Waals surface area contributed by atoms with Crippen LogP contribution in [0, 0.1) is 11.6 Å². The lowest BCUT2D eigenvalue weighted by molar-refractivity contribution is -0.158. The minimum atomic E-state index is -1.11. The van der Waals surface area contributed by atoms with Crippen LogP contribution >= 0.6 is 0 Å². The third-order valence-corrected chi connectivity index (χ3v) is 5.73. The van der Waals surface area contributed by atoms with E-state index in [2.05, 4.69) is 12.2 Å². The van der Waals surface area contributed by atoms with Gasteiger partial charge in [0.1, 0.15) is 17.4 Å². The second-order valence-electron chi connectivity index (χ2n) is 9.18. The van der Waals surface area contributed by atoms with Crippen LogP contribution in [0.1, 0.15) is 65.4 Å². The van der Waals surface area contributed by atoms with Gasteiger partial charge in [-0.25, -0.2) is 18.4 Å². The molecule has 0 radical (unpaired) electrons. The summed E-state index contributed by atoms with van der Waals surface area (Å²) >= 11 is 0. The fourth-order valence-corrected chi connectivity index (χ4v) is 3.64. The number of nitrogens with one attached hydrogen (secondary N) is 1. The van der Waals surface area contributed by atoms with E-state index in [1.54, 1.807) is 37.8 Å². The number of nitrogens with zero attached hydrogens (tertiary/aromatic N) is 1. The SMILES string of the molecule is CCCCCCCN(CCc1ccc(OC(C)(C)C(=O)OCC)cc1)C(=O)Nc1ccc(F)cc1F. The molecule has 1 N–H and O–H groups in total. The summed E-state index contributed by atoms with van der Waals surface area (Å²) in [7, 11) is 0. The van der Waals surface area contributed by atoms with Crippen LogP contribution in [-0.2, 0) is 16.0 Å². The molecule has 8 heteroatoms. The molecule has 0 fully saturated rings. The number of hydrogen-bond acceptors (Lipinski definition) is 4. The minimum absolute atomic E-state index is 0.0527. The third kappa shape index (κ3) is 9.47. The van der Waals surface area contributed by atoms with Crippen LogP contribution < -0.4 is 10.1 Å². The van der Waals surface area contributed by atoms with Gasteiger partial charge in [0.05, 0.1) is 12.3 Å². The summed E-state index contributed by atoms with van der Waals surface area (Å²) in [5, 5.41) is 2.56. The molecule has 0 aliphatic carbocycles. The van der Waals surface area contributed by atoms with Gasteiger partial charge in [-0.1, -0.05) is 44.7 Å². The molecule has 0 spiro atoms. The highest BCUT2D eigenvalue weighted by molar-refractivity contribution is 5.89. The Bertz CT molecular complexity index is 980. The molecular weight excluding hydrogens is 466 g/mol. The van der Waals surface area contributed by atoms with Crippen molar-refractivity contribution in [2.75, 3.05) is 25.0 Å². The van der Waals surface area contributed by atoms with Gasteiger partial charge in [-0.3, -0.25) is 0 Å². The summed E-state index contributed by atoms with van der Waals surface area (Å²) in [6, 6.07) is 9.98. The molecule has 0 saturated heterocycles. The topological polar surface area (TPSA) is 67.9 Å². The van der Waals surface area contributed by atoms with Crippen LogP contribution in [0.2, 0.25) is 0 Å². The maximum absolute atomic E-state index is 14.1. The van der Waals surface area contributed by atoms with Crippen LogP contribution in [0.3, 0.4) is 0 Å². The van der Waals surface area contributed by atoms with Gasteiger partial charge in [-0.15, -0.1) is 0 Å². The number of benzene rings is 2. The van der Waals surface area contributed by atoms with Crippen molar-refractivity contribution in [3.63, 3.8) is 0 Å². The standard InChI is InChI=1S/C28H38F2N2O4/c1-5-7-8-9-10-18-32(27(34)31-25-16-13-22(29)20-24(25)30)19-17-21-11-14-23(15-12-21)36-28(3,4)26(33)35-6-2/h11-16,20H,5-10,17-19H2,1-4H3,(H,31,34). The van der Waals surface area contributed by atoms with Crippen molar-refractivity contribution < 1.29 is 27.8 Å². The molecule has 0 aliphatic rings. The highest BCUT2D eigenvalue weighted by Crippen LogP contribution is 2.21. The molecule has 2 amide bonds. The number of ether oxygens (including phenoxy) is 2. The molecule has 0 unspecified atom stereocenters. The van der Waals surface area contributed by atoms with Gasteiger partial charge in [0.25, 0.3) is 0 Å². The van der Waals surface area contributed by atoms with Crippen molar-refractivity contribution in [2.24, 2.45) is 0 Å². The first-order chi connectivity index (χ1) is 17.2. The number of esters is 1. The number of hydrogen-bond donors (Lipinski definition) is 1. The Morgan fingerprint density at radius 3 is 2.28 bits per heavy atom. The molecule has 6 nitrogen and oxygen atoms in total. The first kappa shape index (κ1) is 29.1. The van der Waals surface area contributed by atoms with Crippen LogP contribution in [0.4, 0.5) is 19.3 Å².